The first-order valence-corrected chi connectivity index (χ1v) is 20.0. The number of fused-ring (bicyclic) bond motifs is 4. The number of carboxylic acid groups (broad SMARTS) is 1. The van der Waals surface area contributed by atoms with Gasteiger partial charge in [0.15, 0.2) is 0 Å². The number of aromatic carboxylic acids is 1. The van der Waals surface area contributed by atoms with Crippen molar-refractivity contribution in [2.75, 3.05) is 18.1 Å². The summed E-state index contributed by atoms with van der Waals surface area (Å²) in [5.74, 6) is -0.0323. The summed E-state index contributed by atoms with van der Waals surface area (Å²) in [6, 6.07) is 16.6. The molecule has 58 heavy (non-hydrogen) atoms. The number of amides is 1. The average molecular weight is 820 g/mol. The molecular formula is C45H44Cl2N6O5. The normalized spacial score (nSPS) is 14.1. The maximum Gasteiger partial charge on any atom is 0.352 e. The van der Waals surface area contributed by atoms with Crippen LogP contribution < -0.4 is 14.4 Å². The zero-order valence-corrected chi connectivity index (χ0v) is 35.0. The maximum absolute atomic E-state index is 15.4. The molecule has 298 valence electrons. The highest BCUT2D eigenvalue weighted by molar-refractivity contribution is 6.35. The summed E-state index contributed by atoms with van der Waals surface area (Å²) in [5.41, 5.74) is 9.95. The Kier molecular flexibility index (Phi) is 10.2. The van der Waals surface area contributed by atoms with Gasteiger partial charge in [0, 0.05) is 83.3 Å². The molecule has 0 radical (unpaired) electrons. The summed E-state index contributed by atoms with van der Waals surface area (Å²) in [5, 5.41) is 17.8. The first-order valence-electron chi connectivity index (χ1n) is 19.2. The molecule has 5 heterocycles. The number of benzene rings is 3. The first kappa shape index (κ1) is 39.1. The van der Waals surface area contributed by atoms with E-state index in [0.717, 1.165) is 66.4 Å². The van der Waals surface area contributed by atoms with Gasteiger partial charge < -0.3 is 28.6 Å². The predicted octanol–water partition coefficient (Wildman–Crippen LogP) is 9.98. The lowest BCUT2D eigenvalue weighted by molar-refractivity contribution is 0.0687. The van der Waals surface area contributed by atoms with Gasteiger partial charge in [-0.25, -0.2) is 4.79 Å². The molecule has 0 aliphatic carbocycles. The number of hydrogen-bond donors (Lipinski definition) is 1. The molecule has 1 aliphatic rings. The van der Waals surface area contributed by atoms with Gasteiger partial charge in [-0.3, -0.25) is 14.5 Å². The fraction of sp³-hybridized carbons (Fsp3) is 0.289. The van der Waals surface area contributed by atoms with Gasteiger partial charge in [-0.2, -0.15) is 5.10 Å². The second kappa shape index (κ2) is 15.2. The van der Waals surface area contributed by atoms with Crippen molar-refractivity contribution < 1.29 is 24.2 Å². The average Bonchev–Trinajstić information content (AvgIpc) is 3.80. The van der Waals surface area contributed by atoms with Crippen molar-refractivity contribution in [2.45, 2.75) is 60.1 Å². The van der Waals surface area contributed by atoms with Crippen molar-refractivity contribution in [1.29, 1.82) is 0 Å². The number of carboxylic acids is 1. The summed E-state index contributed by atoms with van der Waals surface area (Å²) in [6.07, 6.45) is 4.60. The second-order valence-electron chi connectivity index (χ2n) is 15.2. The van der Waals surface area contributed by atoms with Gasteiger partial charge in [-0.05, 0) is 101 Å². The molecule has 8 rings (SSSR count). The topological polar surface area (TPSA) is 117 Å². The van der Waals surface area contributed by atoms with Crippen LogP contribution in [0.5, 0.6) is 11.5 Å². The van der Waals surface area contributed by atoms with E-state index in [2.05, 4.69) is 16.5 Å². The number of carbonyl (C=O) groups is 2. The lowest BCUT2D eigenvalue weighted by Gasteiger charge is -2.35. The summed E-state index contributed by atoms with van der Waals surface area (Å²) in [7, 11) is 3.63. The van der Waals surface area contributed by atoms with Crippen LogP contribution in [0.25, 0.3) is 32.9 Å². The monoisotopic (exact) mass is 818 g/mol. The SMILES string of the molecule is Cc1cc(OCCCc2c3n(c4c(-c5c(C)nn(C)c5C)c(Cl)ccc24)[C@H](C)CN(c2cc(OCc4cccnc4)cc4cc(C(=O)O)n(C)c24)C3=O)cc(C)c1Cl. The van der Waals surface area contributed by atoms with Crippen LogP contribution in [-0.4, -0.2) is 54.0 Å². The number of halogens is 2. The number of nitrogens with zero attached hydrogens (tertiary/aromatic N) is 6. The molecule has 13 heteroatoms. The van der Waals surface area contributed by atoms with Gasteiger partial charge in [0.1, 0.15) is 29.5 Å². The van der Waals surface area contributed by atoms with E-state index in [4.69, 9.17) is 37.8 Å². The van der Waals surface area contributed by atoms with Crippen LogP contribution in [0.2, 0.25) is 10.0 Å². The summed E-state index contributed by atoms with van der Waals surface area (Å²) in [6.45, 7) is 11.0. The number of anilines is 1. The fourth-order valence-corrected chi connectivity index (χ4v) is 8.89. The molecule has 11 nitrogen and oxygen atoms in total. The largest absolute Gasteiger partial charge is 0.494 e. The number of ether oxygens (including phenoxy) is 2. The van der Waals surface area contributed by atoms with Crippen LogP contribution in [0.15, 0.2) is 67.0 Å². The molecule has 0 saturated heterocycles. The van der Waals surface area contributed by atoms with E-state index in [-0.39, 0.29) is 24.2 Å². The summed E-state index contributed by atoms with van der Waals surface area (Å²) < 4.78 is 18.2. The minimum Gasteiger partial charge on any atom is -0.494 e. The summed E-state index contributed by atoms with van der Waals surface area (Å²) >= 11 is 13.6. The molecule has 0 fully saturated rings. The molecule has 0 spiro atoms. The Bertz CT molecular complexity index is 2760. The molecule has 1 aliphatic heterocycles. The summed E-state index contributed by atoms with van der Waals surface area (Å²) in [4.78, 5) is 33.8. The third kappa shape index (κ3) is 6.65. The molecule has 1 amide bonds. The molecule has 4 aromatic heterocycles. The van der Waals surface area contributed by atoms with Crippen LogP contribution in [0.4, 0.5) is 5.69 Å². The van der Waals surface area contributed by atoms with Gasteiger partial charge in [0.2, 0.25) is 0 Å². The minimum absolute atomic E-state index is 0.0977. The molecule has 3 aromatic carbocycles. The molecule has 1 atom stereocenters. The van der Waals surface area contributed by atoms with Crippen LogP contribution >= 0.6 is 23.2 Å². The Labute approximate surface area is 346 Å². The molecule has 7 aromatic rings. The minimum atomic E-state index is -1.07. The number of carbonyl (C=O) groups excluding carboxylic acids is 1. The van der Waals surface area contributed by atoms with E-state index in [9.17, 15) is 9.90 Å². The van der Waals surface area contributed by atoms with Crippen molar-refractivity contribution in [2.24, 2.45) is 14.1 Å². The lowest BCUT2D eigenvalue weighted by atomic mass is 9.98. The van der Waals surface area contributed by atoms with E-state index >= 15 is 4.79 Å². The molecule has 0 saturated carbocycles. The molecule has 0 bridgehead atoms. The third-order valence-electron chi connectivity index (χ3n) is 11.3. The number of aromatic nitrogens is 5. The number of hydrogen-bond acceptors (Lipinski definition) is 6. The third-order valence-corrected chi connectivity index (χ3v) is 12.2. The van der Waals surface area contributed by atoms with Crippen molar-refractivity contribution in [3.8, 4) is 22.6 Å². The first-order chi connectivity index (χ1) is 27.7. The van der Waals surface area contributed by atoms with Crippen molar-refractivity contribution in [3.05, 3.63) is 122 Å². The Morgan fingerprint density at radius 1 is 0.948 bits per heavy atom. The number of aryl methyl sites for hydroxylation is 6. The standard InChI is InChI=1S/C45H44Cl2N6O5/c1-24-16-31(17-25(2)40(24)47)57-15-9-11-33-34-12-13-35(46)39(38-27(4)49-51(7)28(38)5)42(34)53-26(3)22-52(44(54)43(33)53)36-20-32(58-23-29-10-8-14-48-21-29)18-30-19-37(45(55)56)50(6)41(30)36/h8,10,12-14,16-21,26H,9,11,15,22-23H2,1-7H3,(H,55,56)/t26-/m1/s1. The fourth-order valence-electron chi connectivity index (χ4n) is 8.54. The highest BCUT2D eigenvalue weighted by atomic mass is 35.5. The Balaban J connectivity index is 1.27. The Morgan fingerprint density at radius 2 is 1.69 bits per heavy atom. The van der Waals surface area contributed by atoms with Gasteiger partial charge >= 0.3 is 5.97 Å². The van der Waals surface area contributed by atoms with Crippen LogP contribution in [0.1, 0.15) is 74.0 Å². The zero-order valence-electron chi connectivity index (χ0n) is 33.5. The predicted molar refractivity (Wildman–Crippen MR) is 228 cm³/mol. The van der Waals surface area contributed by atoms with Gasteiger partial charge in [-0.1, -0.05) is 35.3 Å². The van der Waals surface area contributed by atoms with Crippen molar-refractivity contribution in [3.63, 3.8) is 0 Å². The van der Waals surface area contributed by atoms with Gasteiger partial charge in [-0.15, -0.1) is 0 Å². The van der Waals surface area contributed by atoms with Crippen LogP contribution in [0.3, 0.4) is 0 Å². The molecule has 0 unspecified atom stereocenters. The maximum atomic E-state index is 15.4. The number of rotatable bonds is 11. The lowest BCUT2D eigenvalue weighted by Crippen LogP contribution is -2.43. The highest BCUT2D eigenvalue weighted by Gasteiger charge is 2.38. The van der Waals surface area contributed by atoms with E-state index in [1.165, 1.54) is 0 Å². The second-order valence-corrected chi connectivity index (χ2v) is 16.0. The van der Waals surface area contributed by atoms with E-state index in [1.54, 1.807) is 35.0 Å². The highest BCUT2D eigenvalue weighted by Crippen LogP contribution is 2.46. The van der Waals surface area contributed by atoms with E-state index in [0.29, 0.717) is 59.0 Å². The Hall–Kier alpha value is -5.78. The van der Waals surface area contributed by atoms with Crippen LogP contribution in [0, 0.1) is 27.7 Å². The molecule has 1 N–H and O–H groups in total. The smallest absolute Gasteiger partial charge is 0.352 e. The van der Waals surface area contributed by atoms with E-state index < -0.39 is 5.97 Å². The molecular weight excluding hydrogens is 775 g/mol. The van der Waals surface area contributed by atoms with Crippen molar-refractivity contribution in [1.82, 2.24) is 23.9 Å². The van der Waals surface area contributed by atoms with Gasteiger partial charge in [0.05, 0.1) is 34.0 Å². The Morgan fingerprint density at radius 3 is 2.36 bits per heavy atom. The van der Waals surface area contributed by atoms with E-state index in [1.807, 2.05) is 88.0 Å². The van der Waals surface area contributed by atoms with Gasteiger partial charge in [0.25, 0.3) is 5.91 Å². The quantitative estimate of drug-likeness (QED) is 0.129. The number of pyridine rings is 1. The van der Waals surface area contributed by atoms with Crippen molar-refractivity contribution >= 4 is 62.6 Å². The zero-order chi connectivity index (χ0) is 41.2. The van der Waals surface area contributed by atoms with Crippen LogP contribution in [-0.2, 0) is 27.1 Å².